The number of amides is 1. The van der Waals surface area contributed by atoms with Crippen LogP contribution in [0.15, 0.2) is 24.3 Å². The van der Waals surface area contributed by atoms with Crippen molar-refractivity contribution >= 4 is 11.7 Å². The molecule has 1 aromatic carbocycles. The van der Waals surface area contributed by atoms with Gasteiger partial charge in [-0.1, -0.05) is 18.2 Å². The average molecular weight is 438 g/mol. The third kappa shape index (κ3) is 4.72. The molecule has 1 amide bonds. The third-order valence-electron chi connectivity index (χ3n) is 6.53. The first kappa shape index (κ1) is 22.5. The Morgan fingerprint density at radius 3 is 2.78 bits per heavy atom. The van der Waals surface area contributed by atoms with Crippen molar-refractivity contribution in [1.82, 2.24) is 19.8 Å². The Morgan fingerprint density at radius 1 is 1.19 bits per heavy atom. The normalized spacial score (nSPS) is 18.2. The zero-order valence-corrected chi connectivity index (χ0v) is 19.8. The Balaban J connectivity index is 1.58. The van der Waals surface area contributed by atoms with Gasteiger partial charge in [-0.25, -0.2) is 9.97 Å². The van der Waals surface area contributed by atoms with E-state index in [2.05, 4.69) is 24.0 Å². The van der Waals surface area contributed by atoms with Gasteiger partial charge in [0.05, 0.1) is 19.7 Å². The van der Waals surface area contributed by atoms with Gasteiger partial charge in [0.25, 0.3) is 0 Å². The quantitative estimate of drug-likeness (QED) is 0.664. The number of likely N-dealkylation sites (tertiary alicyclic amines) is 1. The number of rotatable bonds is 7. The number of hydrogen-bond acceptors (Lipinski definition) is 6. The topological polar surface area (TPSA) is 61.8 Å². The van der Waals surface area contributed by atoms with Gasteiger partial charge in [-0.3, -0.25) is 4.79 Å². The molecule has 172 valence electrons. The van der Waals surface area contributed by atoms with E-state index in [1.165, 1.54) is 11.1 Å². The summed E-state index contributed by atoms with van der Waals surface area (Å²) < 4.78 is 5.54. The molecule has 1 aromatic heterocycles. The first-order valence-electron chi connectivity index (χ1n) is 11.7. The van der Waals surface area contributed by atoms with Crippen LogP contribution in [-0.4, -0.2) is 73.1 Å². The molecule has 1 fully saturated rings. The number of carbonyl (C=O) groups is 1. The van der Waals surface area contributed by atoms with Crippen molar-refractivity contribution in [3.05, 3.63) is 46.9 Å². The number of aryl methyl sites for hydroxylation is 1. The maximum Gasteiger partial charge on any atom is 0.237 e. The van der Waals surface area contributed by atoms with E-state index in [1.54, 1.807) is 7.11 Å². The summed E-state index contributed by atoms with van der Waals surface area (Å²) in [5, 5.41) is 0. The molecule has 0 saturated carbocycles. The van der Waals surface area contributed by atoms with Crippen LogP contribution in [0.1, 0.15) is 47.9 Å². The monoisotopic (exact) mass is 437 g/mol. The number of carbonyl (C=O) groups excluding carboxylic acids is 1. The highest BCUT2D eigenvalue weighted by molar-refractivity contribution is 5.79. The molecule has 4 rings (SSSR count). The van der Waals surface area contributed by atoms with Gasteiger partial charge in [0.2, 0.25) is 5.91 Å². The van der Waals surface area contributed by atoms with Gasteiger partial charge < -0.3 is 19.4 Å². The van der Waals surface area contributed by atoms with Crippen molar-refractivity contribution in [3.8, 4) is 5.75 Å². The van der Waals surface area contributed by atoms with E-state index in [9.17, 15) is 4.79 Å². The molecule has 1 atom stereocenters. The first-order valence-corrected chi connectivity index (χ1v) is 11.7. The van der Waals surface area contributed by atoms with E-state index in [4.69, 9.17) is 14.7 Å². The molecule has 0 unspecified atom stereocenters. The summed E-state index contributed by atoms with van der Waals surface area (Å²) in [6.07, 6.45) is 4.96. The molecule has 0 bridgehead atoms. The lowest BCUT2D eigenvalue weighted by Gasteiger charge is -2.32. The molecule has 7 heteroatoms. The number of likely N-dealkylation sites (N-methyl/N-ethyl adjacent to an activating group) is 1. The van der Waals surface area contributed by atoms with Gasteiger partial charge in [-0.15, -0.1) is 0 Å². The standard InChI is InChI=1S/C25H35N5O2/c1-18-20-10-7-14-29(16-13-19-9-5-6-12-22(19)32-4)25(20)27-24(26-18)21-11-8-15-30(21)23(31)17-28(2)3/h5-6,9,12,21H,7-8,10-11,13-17H2,1-4H3/t21-/m0/s1. The fourth-order valence-electron chi connectivity index (χ4n) is 4.94. The van der Waals surface area contributed by atoms with Gasteiger partial charge in [-0.2, -0.15) is 0 Å². The molecule has 7 nitrogen and oxygen atoms in total. The highest BCUT2D eigenvalue weighted by Gasteiger charge is 2.33. The predicted octanol–water partition coefficient (Wildman–Crippen LogP) is 3.01. The van der Waals surface area contributed by atoms with Gasteiger partial charge in [-0.05, 0) is 64.8 Å². The minimum absolute atomic E-state index is 0.0237. The summed E-state index contributed by atoms with van der Waals surface area (Å²) in [5.74, 6) is 2.95. The fraction of sp³-hybridized carbons (Fsp3) is 0.560. The lowest BCUT2D eigenvalue weighted by atomic mass is 10.0. The maximum absolute atomic E-state index is 12.8. The molecular formula is C25H35N5O2. The van der Waals surface area contributed by atoms with E-state index in [0.717, 1.165) is 74.8 Å². The summed E-state index contributed by atoms with van der Waals surface area (Å²) in [7, 11) is 5.59. The number of benzene rings is 1. The second-order valence-corrected chi connectivity index (χ2v) is 9.10. The van der Waals surface area contributed by atoms with Crippen LogP contribution in [0.25, 0.3) is 0 Å². The van der Waals surface area contributed by atoms with Crippen LogP contribution in [0.4, 0.5) is 5.82 Å². The van der Waals surface area contributed by atoms with Gasteiger partial charge in [0.15, 0.2) is 5.82 Å². The number of hydrogen-bond donors (Lipinski definition) is 0. The maximum atomic E-state index is 12.8. The second kappa shape index (κ2) is 9.86. The zero-order valence-electron chi connectivity index (χ0n) is 19.8. The molecule has 0 spiro atoms. The number of ether oxygens (including phenoxy) is 1. The Bertz CT molecular complexity index is 961. The van der Waals surface area contributed by atoms with E-state index < -0.39 is 0 Å². The van der Waals surface area contributed by atoms with E-state index in [-0.39, 0.29) is 11.9 Å². The minimum atomic E-state index is -0.0237. The van der Waals surface area contributed by atoms with Crippen LogP contribution >= 0.6 is 0 Å². The van der Waals surface area contributed by atoms with E-state index >= 15 is 0 Å². The lowest BCUT2D eigenvalue weighted by molar-refractivity contribution is -0.132. The van der Waals surface area contributed by atoms with Gasteiger partial charge >= 0.3 is 0 Å². The Hall–Kier alpha value is -2.67. The zero-order chi connectivity index (χ0) is 22.7. The second-order valence-electron chi connectivity index (χ2n) is 9.10. The Labute approximate surface area is 191 Å². The summed E-state index contributed by atoms with van der Waals surface area (Å²) >= 11 is 0. The van der Waals surface area contributed by atoms with Crippen molar-refractivity contribution in [2.45, 2.75) is 45.1 Å². The number of methoxy groups -OCH3 is 1. The van der Waals surface area contributed by atoms with Crippen molar-refractivity contribution < 1.29 is 9.53 Å². The van der Waals surface area contributed by atoms with Crippen molar-refractivity contribution in [2.24, 2.45) is 0 Å². The molecule has 0 N–H and O–H groups in total. The molecule has 2 aliphatic heterocycles. The van der Waals surface area contributed by atoms with Crippen molar-refractivity contribution in [1.29, 1.82) is 0 Å². The smallest absolute Gasteiger partial charge is 0.237 e. The summed E-state index contributed by atoms with van der Waals surface area (Å²) in [6, 6.07) is 8.19. The van der Waals surface area contributed by atoms with Crippen LogP contribution < -0.4 is 9.64 Å². The first-order chi connectivity index (χ1) is 15.5. The average Bonchev–Trinajstić information content (AvgIpc) is 3.27. The van der Waals surface area contributed by atoms with Crippen LogP contribution in [-0.2, 0) is 17.6 Å². The summed E-state index contributed by atoms with van der Waals surface area (Å²) in [4.78, 5) is 29.1. The number of anilines is 1. The van der Waals surface area contributed by atoms with Gasteiger partial charge in [0.1, 0.15) is 11.6 Å². The van der Waals surface area contributed by atoms with E-state index in [1.807, 2.05) is 36.0 Å². The minimum Gasteiger partial charge on any atom is -0.496 e. The van der Waals surface area contributed by atoms with Crippen LogP contribution in [0.2, 0.25) is 0 Å². The fourth-order valence-corrected chi connectivity index (χ4v) is 4.94. The molecule has 2 aliphatic rings. The van der Waals surface area contributed by atoms with Crippen LogP contribution in [0.5, 0.6) is 5.75 Å². The summed E-state index contributed by atoms with van der Waals surface area (Å²) in [5.41, 5.74) is 3.52. The number of nitrogens with zero attached hydrogens (tertiary/aromatic N) is 5. The summed E-state index contributed by atoms with van der Waals surface area (Å²) in [6.45, 7) is 5.18. The lowest BCUT2D eigenvalue weighted by Crippen LogP contribution is -2.38. The molecule has 0 radical (unpaired) electrons. The predicted molar refractivity (Wildman–Crippen MR) is 126 cm³/mol. The van der Waals surface area contributed by atoms with Crippen LogP contribution in [0.3, 0.4) is 0 Å². The third-order valence-corrected chi connectivity index (χ3v) is 6.53. The van der Waals surface area contributed by atoms with Crippen LogP contribution in [0, 0.1) is 6.92 Å². The van der Waals surface area contributed by atoms with Gasteiger partial charge in [0, 0.05) is 30.9 Å². The van der Waals surface area contributed by atoms with E-state index in [0.29, 0.717) is 6.54 Å². The van der Waals surface area contributed by atoms with Crippen molar-refractivity contribution in [2.75, 3.05) is 52.3 Å². The highest BCUT2D eigenvalue weighted by atomic mass is 16.5. The SMILES string of the molecule is COc1ccccc1CCN1CCCc2c(C)nc([C@@H]3CCCN3C(=O)CN(C)C)nc21. The van der Waals surface area contributed by atoms with Crippen molar-refractivity contribution in [3.63, 3.8) is 0 Å². The highest BCUT2D eigenvalue weighted by Crippen LogP contribution is 2.34. The Morgan fingerprint density at radius 2 is 2.00 bits per heavy atom. The molecule has 2 aromatic rings. The molecule has 0 aliphatic carbocycles. The number of aromatic nitrogens is 2. The largest absolute Gasteiger partial charge is 0.496 e. The molecule has 32 heavy (non-hydrogen) atoms. The Kier molecular flexibility index (Phi) is 6.94. The molecular weight excluding hydrogens is 402 g/mol. The number of para-hydroxylation sites is 1. The molecule has 3 heterocycles. The molecule has 1 saturated heterocycles. The number of fused-ring (bicyclic) bond motifs is 1.